The van der Waals surface area contributed by atoms with Crippen LogP contribution in [0.15, 0.2) is 0 Å². The summed E-state index contributed by atoms with van der Waals surface area (Å²) >= 11 is 1.42. The summed E-state index contributed by atoms with van der Waals surface area (Å²) in [4.78, 5) is 21.7. The number of methoxy groups -OCH3 is 1. The summed E-state index contributed by atoms with van der Waals surface area (Å²) in [5.41, 5.74) is 0. The van der Waals surface area contributed by atoms with Gasteiger partial charge in [0.1, 0.15) is 6.04 Å². The number of carboxylic acids is 1. The number of carbonyl (C=O) groups excluding carboxylic acids is 1. The van der Waals surface area contributed by atoms with E-state index in [-0.39, 0.29) is 12.5 Å². The molecule has 0 aliphatic heterocycles. The number of aliphatic carboxylic acids is 1. The largest absolute Gasteiger partial charge is 0.480 e. The Hall–Kier alpha value is -0.830. The number of rotatable bonds is 12. The van der Waals surface area contributed by atoms with Crippen molar-refractivity contribution in [3.63, 3.8) is 0 Å². The van der Waals surface area contributed by atoms with Crippen molar-refractivity contribution in [2.24, 2.45) is 0 Å². The smallest absolute Gasteiger partial charge is 0.326 e. The first-order valence-electron chi connectivity index (χ1n) is 6.29. The lowest BCUT2D eigenvalue weighted by Gasteiger charge is -2.14. The molecule has 0 spiro atoms. The molecule has 0 saturated heterocycles. The first-order valence-corrected chi connectivity index (χ1v) is 7.45. The fourth-order valence-electron chi connectivity index (χ4n) is 1.33. The van der Waals surface area contributed by atoms with Crippen LogP contribution in [-0.4, -0.2) is 72.7 Å². The van der Waals surface area contributed by atoms with Gasteiger partial charge < -0.3 is 25.0 Å². The first kappa shape index (κ1) is 19.2. The number of thioether (sulfide) groups is 1. The predicted octanol–water partition coefficient (Wildman–Crippen LogP) is -0.277. The molecule has 7 nitrogen and oxygen atoms in total. The topological polar surface area (TPSA) is 105 Å². The lowest BCUT2D eigenvalue weighted by Crippen LogP contribution is -2.40. The van der Waals surface area contributed by atoms with Crippen molar-refractivity contribution in [2.75, 3.05) is 38.4 Å². The fourth-order valence-corrected chi connectivity index (χ4v) is 2.27. The minimum absolute atomic E-state index is 0.227. The zero-order valence-corrected chi connectivity index (χ0v) is 12.6. The predicted molar refractivity (Wildman–Crippen MR) is 75.9 cm³/mol. The van der Waals surface area contributed by atoms with Crippen LogP contribution in [-0.2, 0) is 19.1 Å². The normalized spacial score (nSPS) is 13.8. The molecule has 0 aromatic heterocycles. The van der Waals surface area contributed by atoms with Crippen LogP contribution in [0.3, 0.4) is 0 Å². The van der Waals surface area contributed by atoms with Gasteiger partial charge in [0.15, 0.2) is 0 Å². The zero-order chi connectivity index (χ0) is 15.4. The number of ether oxygens (including phenoxy) is 2. The summed E-state index contributed by atoms with van der Waals surface area (Å²) in [6.45, 7) is 2.42. The first-order chi connectivity index (χ1) is 9.47. The van der Waals surface area contributed by atoms with Crippen LogP contribution in [0.25, 0.3) is 0 Å². The van der Waals surface area contributed by atoms with E-state index in [0.29, 0.717) is 31.1 Å². The number of aliphatic hydroxyl groups excluding tert-OH is 1. The Labute approximate surface area is 123 Å². The van der Waals surface area contributed by atoms with Crippen molar-refractivity contribution in [1.82, 2.24) is 5.32 Å². The van der Waals surface area contributed by atoms with Gasteiger partial charge in [0, 0.05) is 19.8 Å². The van der Waals surface area contributed by atoms with E-state index in [1.807, 2.05) is 0 Å². The van der Waals surface area contributed by atoms with E-state index in [4.69, 9.17) is 14.6 Å². The van der Waals surface area contributed by atoms with Crippen molar-refractivity contribution in [3.05, 3.63) is 0 Å². The molecule has 1 amide bonds. The molecule has 0 aromatic rings. The molecule has 118 valence electrons. The summed E-state index contributed by atoms with van der Waals surface area (Å²) in [5, 5.41) is 20.9. The Balaban J connectivity index is 3.66. The number of carboxylic acid groups (broad SMARTS) is 1. The van der Waals surface area contributed by atoms with Crippen LogP contribution in [0.5, 0.6) is 0 Å². The van der Waals surface area contributed by atoms with Crippen molar-refractivity contribution in [2.45, 2.75) is 25.5 Å². The summed E-state index contributed by atoms with van der Waals surface area (Å²) in [7, 11) is 1.57. The third-order valence-corrected chi connectivity index (χ3v) is 3.42. The van der Waals surface area contributed by atoms with Gasteiger partial charge in [-0.25, -0.2) is 4.79 Å². The molecule has 0 radical (unpaired) electrons. The maximum absolute atomic E-state index is 10.9. The number of hydrogen-bond donors (Lipinski definition) is 3. The second-order valence-corrected chi connectivity index (χ2v) is 5.33. The standard InChI is InChI=1S/C12H23NO6S/c1-9(14)13-11(12(16)17)3-6-20-8-10(15)7-19-5-4-18-2/h10-11,15H,3-8H2,1-2H3,(H,13,14)(H,16,17). The lowest BCUT2D eigenvalue weighted by molar-refractivity contribution is -0.141. The van der Waals surface area contributed by atoms with Crippen LogP contribution in [0, 0.1) is 0 Å². The van der Waals surface area contributed by atoms with E-state index in [0.717, 1.165) is 0 Å². The van der Waals surface area contributed by atoms with Crippen molar-refractivity contribution < 1.29 is 29.3 Å². The molecule has 3 N–H and O–H groups in total. The maximum Gasteiger partial charge on any atom is 0.326 e. The van der Waals surface area contributed by atoms with Crippen molar-refractivity contribution >= 4 is 23.6 Å². The lowest BCUT2D eigenvalue weighted by atomic mass is 10.2. The van der Waals surface area contributed by atoms with E-state index in [2.05, 4.69) is 5.32 Å². The van der Waals surface area contributed by atoms with Crippen LogP contribution >= 0.6 is 11.8 Å². The third-order valence-electron chi connectivity index (χ3n) is 2.28. The van der Waals surface area contributed by atoms with E-state index < -0.39 is 18.1 Å². The van der Waals surface area contributed by atoms with Crippen LogP contribution < -0.4 is 5.32 Å². The number of carbonyl (C=O) groups is 2. The average molecular weight is 309 g/mol. The van der Waals surface area contributed by atoms with Crippen LogP contribution in [0.4, 0.5) is 0 Å². The summed E-state index contributed by atoms with van der Waals surface area (Å²) in [5.74, 6) is -0.426. The van der Waals surface area contributed by atoms with E-state index in [1.54, 1.807) is 7.11 Å². The van der Waals surface area contributed by atoms with Gasteiger partial charge in [0.25, 0.3) is 0 Å². The minimum atomic E-state index is -1.05. The summed E-state index contributed by atoms with van der Waals surface area (Å²) < 4.78 is 9.97. The molecule has 20 heavy (non-hydrogen) atoms. The molecule has 0 aromatic carbocycles. The van der Waals surface area contributed by atoms with Gasteiger partial charge in [-0.2, -0.15) is 11.8 Å². The molecular formula is C12H23NO6S. The molecule has 0 saturated carbocycles. The summed E-state index contributed by atoms with van der Waals surface area (Å²) in [6.07, 6.45) is -0.280. The molecule has 0 bridgehead atoms. The Morgan fingerprint density at radius 3 is 2.60 bits per heavy atom. The monoisotopic (exact) mass is 309 g/mol. The Morgan fingerprint density at radius 1 is 1.35 bits per heavy atom. The van der Waals surface area contributed by atoms with Crippen molar-refractivity contribution in [3.8, 4) is 0 Å². The molecule has 0 aliphatic rings. The highest BCUT2D eigenvalue weighted by Gasteiger charge is 2.17. The Bertz CT molecular complexity index is 289. The molecule has 2 unspecified atom stereocenters. The Kier molecular flexibility index (Phi) is 11.5. The van der Waals surface area contributed by atoms with E-state index >= 15 is 0 Å². The van der Waals surface area contributed by atoms with Gasteiger partial charge >= 0.3 is 5.97 Å². The second-order valence-electron chi connectivity index (χ2n) is 4.18. The number of amides is 1. The maximum atomic E-state index is 10.9. The molecule has 8 heteroatoms. The quantitative estimate of drug-likeness (QED) is 0.426. The molecular weight excluding hydrogens is 286 g/mol. The minimum Gasteiger partial charge on any atom is -0.480 e. The molecule has 2 atom stereocenters. The molecule has 0 heterocycles. The zero-order valence-electron chi connectivity index (χ0n) is 11.8. The molecule has 0 fully saturated rings. The Morgan fingerprint density at radius 2 is 2.05 bits per heavy atom. The highest BCUT2D eigenvalue weighted by atomic mass is 32.2. The second kappa shape index (κ2) is 12.0. The third kappa shape index (κ3) is 11.0. The van der Waals surface area contributed by atoms with Gasteiger partial charge in [0.2, 0.25) is 5.91 Å². The van der Waals surface area contributed by atoms with Gasteiger partial charge in [-0.15, -0.1) is 0 Å². The molecule has 0 aliphatic carbocycles. The average Bonchev–Trinajstić information content (AvgIpc) is 2.37. The van der Waals surface area contributed by atoms with Gasteiger partial charge in [0.05, 0.1) is 25.9 Å². The van der Waals surface area contributed by atoms with Gasteiger partial charge in [-0.05, 0) is 12.2 Å². The van der Waals surface area contributed by atoms with Crippen LogP contribution in [0.2, 0.25) is 0 Å². The molecule has 0 rings (SSSR count). The van der Waals surface area contributed by atoms with Crippen molar-refractivity contribution in [1.29, 1.82) is 0 Å². The van der Waals surface area contributed by atoms with Gasteiger partial charge in [-0.3, -0.25) is 4.79 Å². The highest BCUT2D eigenvalue weighted by Crippen LogP contribution is 2.08. The highest BCUT2D eigenvalue weighted by molar-refractivity contribution is 7.99. The van der Waals surface area contributed by atoms with Crippen LogP contribution in [0.1, 0.15) is 13.3 Å². The number of nitrogens with one attached hydrogen (secondary N) is 1. The number of hydrogen-bond acceptors (Lipinski definition) is 6. The summed E-state index contributed by atoms with van der Waals surface area (Å²) in [6, 6.07) is -0.880. The van der Waals surface area contributed by atoms with E-state index in [9.17, 15) is 14.7 Å². The van der Waals surface area contributed by atoms with Gasteiger partial charge in [-0.1, -0.05) is 0 Å². The SMILES string of the molecule is COCCOCC(O)CSCCC(NC(C)=O)C(=O)O. The van der Waals surface area contributed by atoms with E-state index in [1.165, 1.54) is 18.7 Å². The fraction of sp³-hybridized carbons (Fsp3) is 0.833. The number of aliphatic hydroxyl groups is 1.